The van der Waals surface area contributed by atoms with E-state index < -0.39 is 11.9 Å². The molecule has 0 saturated heterocycles. The summed E-state index contributed by atoms with van der Waals surface area (Å²) in [5, 5.41) is 0. The molecule has 14 heavy (non-hydrogen) atoms. The summed E-state index contributed by atoms with van der Waals surface area (Å²) in [6.45, 7) is 5.88. The van der Waals surface area contributed by atoms with Gasteiger partial charge in [-0.15, -0.1) is 0 Å². The molecule has 4 heteroatoms. The third kappa shape index (κ3) is 4.64. The maximum Gasteiger partial charge on any atom is 0.334 e. The molecule has 0 bridgehead atoms. The number of nitrogens with two attached hydrogens (primary N) is 1. The molecule has 0 aromatic heterocycles. The smallest absolute Gasteiger partial charge is 0.334 e. The van der Waals surface area contributed by atoms with Crippen molar-refractivity contribution in [1.29, 1.82) is 0 Å². The monoisotopic (exact) mass is 199 g/mol. The molecule has 0 aliphatic carbocycles. The standard InChI is InChI=1S/C10H17NO3/c1-4-5-14-10(13)8(7(2)3)6-9(11)12/h6-7H,4-5H2,1-3H3,(H2,11,12)/b8-6-. The van der Waals surface area contributed by atoms with Gasteiger partial charge in [0.2, 0.25) is 5.91 Å². The Bertz CT molecular complexity index is 244. The fraction of sp³-hybridized carbons (Fsp3) is 0.600. The molecule has 0 aliphatic heterocycles. The minimum atomic E-state index is -0.623. The fourth-order valence-corrected chi connectivity index (χ4v) is 0.893. The first-order valence-corrected chi connectivity index (χ1v) is 4.67. The van der Waals surface area contributed by atoms with Gasteiger partial charge in [-0.2, -0.15) is 0 Å². The summed E-state index contributed by atoms with van der Waals surface area (Å²) in [5.74, 6) is -1.14. The van der Waals surface area contributed by atoms with Crippen LogP contribution in [-0.4, -0.2) is 18.5 Å². The lowest BCUT2D eigenvalue weighted by Gasteiger charge is -2.09. The number of rotatable bonds is 5. The first-order chi connectivity index (χ1) is 6.49. The van der Waals surface area contributed by atoms with E-state index in [1.165, 1.54) is 0 Å². The minimum absolute atomic E-state index is 0.0631. The predicted molar refractivity (Wildman–Crippen MR) is 53.4 cm³/mol. The third-order valence-corrected chi connectivity index (χ3v) is 1.59. The summed E-state index contributed by atoms with van der Waals surface area (Å²) >= 11 is 0. The molecule has 0 spiro atoms. The molecule has 0 unspecified atom stereocenters. The number of carbonyl (C=O) groups is 2. The average molecular weight is 199 g/mol. The highest BCUT2D eigenvalue weighted by Gasteiger charge is 2.15. The van der Waals surface area contributed by atoms with Crippen molar-refractivity contribution in [1.82, 2.24) is 0 Å². The second kappa shape index (κ2) is 6.18. The number of esters is 1. The first-order valence-electron chi connectivity index (χ1n) is 4.67. The Hall–Kier alpha value is -1.32. The highest BCUT2D eigenvalue weighted by atomic mass is 16.5. The van der Waals surface area contributed by atoms with Gasteiger partial charge < -0.3 is 10.5 Å². The van der Waals surface area contributed by atoms with Crippen LogP contribution in [0.25, 0.3) is 0 Å². The van der Waals surface area contributed by atoms with Crippen LogP contribution >= 0.6 is 0 Å². The number of primary amides is 1. The maximum absolute atomic E-state index is 11.4. The lowest BCUT2D eigenvalue weighted by molar-refractivity contribution is -0.139. The van der Waals surface area contributed by atoms with E-state index in [0.717, 1.165) is 12.5 Å². The zero-order valence-corrected chi connectivity index (χ0v) is 8.87. The molecule has 0 aromatic rings. The topological polar surface area (TPSA) is 69.4 Å². The Labute approximate surface area is 84.1 Å². The Kier molecular flexibility index (Phi) is 5.60. The normalized spacial score (nSPS) is 11.6. The van der Waals surface area contributed by atoms with Gasteiger partial charge in [-0.05, 0) is 12.3 Å². The van der Waals surface area contributed by atoms with Crippen molar-refractivity contribution in [2.45, 2.75) is 27.2 Å². The molecule has 0 heterocycles. The van der Waals surface area contributed by atoms with Crippen LogP contribution in [0.15, 0.2) is 11.6 Å². The number of hydrogen-bond acceptors (Lipinski definition) is 3. The zero-order chi connectivity index (χ0) is 11.1. The van der Waals surface area contributed by atoms with E-state index in [2.05, 4.69) is 0 Å². The Morgan fingerprint density at radius 3 is 2.36 bits per heavy atom. The molecule has 0 rings (SSSR count). The van der Waals surface area contributed by atoms with E-state index >= 15 is 0 Å². The average Bonchev–Trinajstić information content (AvgIpc) is 2.09. The van der Waals surface area contributed by atoms with Crippen molar-refractivity contribution >= 4 is 11.9 Å². The van der Waals surface area contributed by atoms with E-state index in [4.69, 9.17) is 10.5 Å². The van der Waals surface area contributed by atoms with Crippen LogP contribution in [0, 0.1) is 5.92 Å². The van der Waals surface area contributed by atoms with Gasteiger partial charge in [-0.1, -0.05) is 20.8 Å². The third-order valence-electron chi connectivity index (χ3n) is 1.59. The van der Waals surface area contributed by atoms with Crippen LogP contribution in [0.1, 0.15) is 27.2 Å². The lowest BCUT2D eigenvalue weighted by Crippen LogP contribution is -2.17. The van der Waals surface area contributed by atoms with E-state index in [-0.39, 0.29) is 5.92 Å². The summed E-state index contributed by atoms with van der Waals surface area (Å²) in [5.41, 5.74) is 5.30. The van der Waals surface area contributed by atoms with Crippen LogP contribution in [-0.2, 0) is 14.3 Å². The summed E-state index contributed by atoms with van der Waals surface area (Å²) in [6, 6.07) is 0. The quantitative estimate of drug-likeness (QED) is 0.530. The Morgan fingerprint density at radius 1 is 1.43 bits per heavy atom. The van der Waals surface area contributed by atoms with Crippen LogP contribution in [0.2, 0.25) is 0 Å². The molecule has 4 nitrogen and oxygen atoms in total. The second-order valence-corrected chi connectivity index (χ2v) is 3.29. The van der Waals surface area contributed by atoms with Gasteiger partial charge in [0.25, 0.3) is 0 Å². The summed E-state index contributed by atoms with van der Waals surface area (Å²) < 4.78 is 4.90. The zero-order valence-electron chi connectivity index (χ0n) is 8.87. The van der Waals surface area contributed by atoms with Gasteiger partial charge in [0, 0.05) is 11.6 Å². The van der Waals surface area contributed by atoms with Crippen LogP contribution in [0.5, 0.6) is 0 Å². The van der Waals surface area contributed by atoms with Crippen molar-refractivity contribution in [3.05, 3.63) is 11.6 Å². The van der Waals surface area contributed by atoms with Crippen molar-refractivity contribution in [3.8, 4) is 0 Å². The van der Waals surface area contributed by atoms with Crippen molar-refractivity contribution < 1.29 is 14.3 Å². The summed E-state index contributed by atoms with van der Waals surface area (Å²) in [6.07, 6.45) is 1.89. The molecule has 0 saturated carbocycles. The maximum atomic E-state index is 11.4. The number of ether oxygens (including phenoxy) is 1. The van der Waals surface area contributed by atoms with Gasteiger partial charge >= 0.3 is 5.97 Å². The van der Waals surface area contributed by atoms with Crippen molar-refractivity contribution in [2.75, 3.05) is 6.61 Å². The molecule has 0 aromatic carbocycles. The van der Waals surface area contributed by atoms with Crippen molar-refractivity contribution in [2.24, 2.45) is 11.7 Å². The van der Waals surface area contributed by atoms with Gasteiger partial charge in [-0.3, -0.25) is 4.79 Å². The van der Waals surface area contributed by atoms with Gasteiger partial charge in [0.05, 0.1) is 6.61 Å². The molecule has 0 radical (unpaired) electrons. The number of amides is 1. The van der Waals surface area contributed by atoms with E-state index in [1.54, 1.807) is 0 Å². The van der Waals surface area contributed by atoms with Crippen LogP contribution in [0.4, 0.5) is 0 Å². The first kappa shape index (κ1) is 12.7. The molecular weight excluding hydrogens is 182 g/mol. The van der Waals surface area contributed by atoms with Crippen LogP contribution < -0.4 is 5.73 Å². The summed E-state index contributed by atoms with van der Waals surface area (Å²) in [4.78, 5) is 22.0. The van der Waals surface area contributed by atoms with Crippen LogP contribution in [0.3, 0.4) is 0 Å². The van der Waals surface area contributed by atoms with Crippen molar-refractivity contribution in [3.63, 3.8) is 0 Å². The van der Waals surface area contributed by atoms with E-state index in [1.807, 2.05) is 20.8 Å². The Balaban J connectivity index is 4.50. The largest absolute Gasteiger partial charge is 0.462 e. The molecule has 0 atom stereocenters. The van der Waals surface area contributed by atoms with E-state index in [9.17, 15) is 9.59 Å². The molecule has 80 valence electrons. The fourth-order valence-electron chi connectivity index (χ4n) is 0.893. The van der Waals surface area contributed by atoms with Gasteiger partial charge in [0.15, 0.2) is 0 Å². The highest BCUT2D eigenvalue weighted by molar-refractivity contribution is 5.98. The second-order valence-electron chi connectivity index (χ2n) is 3.29. The lowest BCUT2D eigenvalue weighted by atomic mass is 10.0. The summed E-state index contributed by atoms with van der Waals surface area (Å²) in [7, 11) is 0. The molecule has 2 N–H and O–H groups in total. The highest BCUT2D eigenvalue weighted by Crippen LogP contribution is 2.11. The predicted octanol–water partition coefficient (Wildman–Crippen LogP) is 1.01. The molecule has 0 fully saturated rings. The molecular formula is C10H17NO3. The molecule has 0 aliphatic rings. The van der Waals surface area contributed by atoms with E-state index in [0.29, 0.717) is 12.2 Å². The number of carbonyl (C=O) groups excluding carboxylic acids is 2. The minimum Gasteiger partial charge on any atom is -0.462 e. The van der Waals surface area contributed by atoms with Gasteiger partial charge in [-0.25, -0.2) is 4.79 Å². The number of hydrogen-bond donors (Lipinski definition) is 1. The molecule has 1 amide bonds. The Morgan fingerprint density at radius 2 is 2.00 bits per heavy atom. The SMILES string of the molecule is CCCOC(=O)/C(=C\C(N)=O)C(C)C. The van der Waals surface area contributed by atoms with Gasteiger partial charge in [0.1, 0.15) is 0 Å².